The monoisotopic (exact) mass is 498 g/mol. The molecular weight excluding hydrogens is 464 g/mol. The third kappa shape index (κ3) is 8.20. The summed E-state index contributed by atoms with van der Waals surface area (Å²) in [5, 5.41) is 12.4. The van der Waals surface area contributed by atoms with Gasteiger partial charge in [0.05, 0.1) is 20.0 Å². The molecule has 3 rings (SSSR count). The minimum atomic E-state index is -0.0454. The molecule has 1 heterocycles. The van der Waals surface area contributed by atoms with Gasteiger partial charge in [-0.25, -0.2) is 0 Å². The standard InChI is InChI=1S/C26H34N4O4S/c1-19(2)13-15-30-24(17-34-21-8-6-5-7-9-21)28-29-26(30)35-18-25(31)27-14-12-20-10-11-22(32-3)23(16-20)33-4/h5-11,16,19H,12-15,17-18H2,1-4H3,(H,27,31). The summed E-state index contributed by atoms with van der Waals surface area (Å²) in [6, 6.07) is 15.4. The minimum Gasteiger partial charge on any atom is -0.493 e. The number of nitrogens with zero attached hydrogens (tertiary/aromatic N) is 3. The predicted molar refractivity (Wildman–Crippen MR) is 137 cm³/mol. The molecule has 0 spiro atoms. The molecule has 0 aliphatic carbocycles. The predicted octanol–water partition coefficient (Wildman–Crippen LogP) is 4.37. The van der Waals surface area contributed by atoms with Crippen LogP contribution in [0.1, 0.15) is 31.7 Å². The Hall–Kier alpha value is -3.20. The van der Waals surface area contributed by atoms with E-state index in [0.29, 0.717) is 37.0 Å². The highest BCUT2D eigenvalue weighted by molar-refractivity contribution is 7.99. The highest BCUT2D eigenvalue weighted by Gasteiger charge is 2.15. The van der Waals surface area contributed by atoms with Crippen molar-refractivity contribution in [1.29, 1.82) is 0 Å². The van der Waals surface area contributed by atoms with Gasteiger partial charge in [0, 0.05) is 13.1 Å². The maximum Gasteiger partial charge on any atom is 0.230 e. The van der Waals surface area contributed by atoms with E-state index < -0.39 is 0 Å². The van der Waals surface area contributed by atoms with E-state index >= 15 is 0 Å². The number of ether oxygens (including phenoxy) is 3. The van der Waals surface area contributed by atoms with Gasteiger partial charge < -0.3 is 24.1 Å². The van der Waals surface area contributed by atoms with Gasteiger partial charge in [-0.2, -0.15) is 0 Å². The molecule has 1 N–H and O–H groups in total. The Bertz CT molecular complexity index is 1070. The molecule has 0 fully saturated rings. The second kappa shape index (κ2) is 13.6. The van der Waals surface area contributed by atoms with Crippen molar-refractivity contribution in [2.45, 2.75) is 45.0 Å². The zero-order chi connectivity index (χ0) is 25.0. The Kier molecular flexibility index (Phi) is 10.3. The van der Waals surface area contributed by atoms with E-state index in [1.165, 1.54) is 11.8 Å². The third-order valence-corrected chi connectivity index (χ3v) is 6.32. The van der Waals surface area contributed by atoms with Gasteiger partial charge in [0.15, 0.2) is 22.5 Å². The summed E-state index contributed by atoms with van der Waals surface area (Å²) < 4.78 is 18.5. The van der Waals surface area contributed by atoms with Crippen LogP contribution in [0.2, 0.25) is 0 Å². The number of rotatable bonds is 14. The average Bonchev–Trinajstić information content (AvgIpc) is 3.27. The molecular formula is C26H34N4O4S. The summed E-state index contributed by atoms with van der Waals surface area (Å²) >= 11 is 1.39. The lowest BCUT2D eigenvalue weighted by molar-refractivity contribution is -0.118. The van der Waals surface area contributed by atoms with Crippen molar-refractivity contribution < 1.29 is 19.0 Å². The first kappa shape index (κ1) is 26.4. The van der Waals surface area contributed by atoms with Crippen LogP contribution in [0.25, 0.3) is 0 Å². The number of carbonyl (C=O) groups is 1. The van der Waals surface area contributed by atoms with E-state index in [1.807, 2.05) is 48.5 Å². The Labute approximate surface area is 211 Å². The van der Waals surface area contributed by atoms with Crippen molar-refractivity contribution in [3.63, 3.8) is 0 Å². The number of hydrogen-bond donors (Lipinski definition) is 1. The number of hydrogen-bond acceptors (Lipinski definition) is 7. The lowest BCUT2D eigenvalue weighted by Gasteiger charge is -2.12. The van der Waals surface area contributed by atoms with Crippen LogP contribution < -0.4 is 19.5 Å². The Morgan fingerprint density at radius 2 is 1.83 bits per heavy atom. The molecule has 0 saturated heterocycles. The number of amides is 1. The molecule has 0 bridgehead atoms. The molecule has 188 valence electrons. The molecule has 0 unspecified atom stereocenters. The van der Waals surface area contributed by atoms with Crippen LogP contribution in [-0.4, -0.2) is 47.2 Å². The van der Waals surface area contributed by atoms with Crippen molar-refractivity contribution in [3.8, 4) is 17.2 Å². The summed E-state index contributed by atoms with van der Waals surface area (Å²) in [7, 11) is 3.22. The molecule has 1 amide bonds. The number of thioether (sulfide) groups is 1. The molecule has 3 aromatic rings. The summed E-state index contributed by atoms with van der Waals surface area (Å²) in [4.78, 5) is 12.5. The van der Waals surface area contributed by atoms with E-state index in [-0.39, 0.29) is 11.7 Å². The molecule has 0 radical (unpaired) electrons. The smallest absolute Gasteiger partial charge is 0.230 e. The fourth-order valence-corrected chi connectivity index (χ4v) is 4.19. The molecule has 0 aliphatic rings. The topological polar surface area (TPSA) is 87.5 Å². The first-order chi connectivity index (χ1) is 17.0. The van der Waals surface area contributed by atoms with Gasteiger partial charge in [-0.05, 0) is 48.6 Å². The molecule has 2 aromatic carbocycles. The highest BCUT2D eigenvalue weighted by atomic mass is 32.2. The zero-order valence-corrected chi connectivity index (χ0v) is 21.6. The largest absolute Gasteiger partial charge is 0.493 e. The fourth-order valence-electron chi connectivity index (χ4n) is 3.37. The highest BCUT2D eigenvalue weighted by Crippen LogP contribution is 2.27. The fraction of sp³-hybridized carbons (Fsp3) is 0.423. The lowest BCUT2D eigenvalue weighted by atomic mass is 10.1. The molecule has 35 heavy (non-hydrogen) atoms. The minimum absolute atomic E-state index is 0.0454. The molecule has 0 atom stereocenters. The molecule has 9 heteroatoms. The number of carbonyl (C=O) groups excluding carboxylic acids is 1. The van der Waals surface area contributed by atoms with Gasteiger partial charge >= 0.3 is 0 Å². The van der Waals surface area contributed by atoms with Gasteiger partial charge in [-0.15, -0.1) is 10.2 Å². The van der Waals surface area contributed by atoms with Crippen LogP contribution in [0.5, 0.6) is 17.2 Å². The van der Waals surface area contributed by atoms with Gasteiger partial charge in [0.1, 0.15) is 12.4 Å². The first-order valence-corrected chi connectivity index (χ1v) is 12.7. The van der Waals surface area contributed by atoms with E-state index in [4.69, 9.17) is 14.2 Å². The van der Waals surface area contributed by atoms with E-state index in [9.17, 15) is 4.79 Å². The average molecular weight is 499 g/mol. The van der Waals surface area contributed by atoms with Crippen LogP contribution >= 0.6 is 11.8 Å². The Morgan fingerprint density at radius 1 is 1.06 bits per heavy atom. The van der Waals surface area contributed by atoms with E-state index in [1.54, 1.807) is 14.2 Å². The molecule has 0 aliphatic heterocycles. The third-order valence-electron chi connectivity index (χ3n) is 5.35. The van der Waals surface area contributed by atoms with Gasteiger partial charge in [-0.1, -0.05) is 49.9 Å². The molecule has 8 nitrogen and oxygen atoms in total. The van der Waals surface area contributed by atoms with Crippen molar-refractivity contribution in [1.82, 2.24) is 20.1 Å². The van der Waals surface area contributed by atoms with Crippen molar-refractivity contribution >= 4 is 17.7 Å². The number of benzene rings is 2. The summed E-state index contributed by atoms with van der Waals surface area (Å²) in [5.41, 5.74) is 1.06. The molecule has 1 aromatic heterocycles. The number of nitrogens with one attached hydrogen (secondary N) is 1. The normalized spacial score (nSPS) is 10.9. The maximum absolute atomic E-state index is 12.5. The van der Waals surface area contributed by atoms with Gasteiger partial charge in [0.2, 0.25) is 5.91 Å². The number of para-hydroxylation sites is 1. The quantitative estimate of drug-likeness (QED) is 0.330. The van der Waals surface area contributed by atoms with E-state index in [0.717, 1.165) is 35.3 Å². The number of methoxy groups -OCH3 is 2. The van der Waals surface area contributed by atoms with Crippen molar-refractivity contribution in [2.24, 2.45) is 5.92 Å². The zero-order valence-electron chi connectivity index (χ0n) is 20.8. The van der Waals surface area contributed by atoms with E-state index in [2.05, 4.69) is 33.9 Å². The second-order valence-electron chi connectivity index (χ2n) is 8.41. The summed E-state index contributed by atoms with van der Waals surface area (Å²) in [5.74, 6) is 3.67. The lowest BCUT2D eigenvalue weighted by Crippen LogP contribution is -2.27. The Morgan fingerprint density at radius 3 is 2.54 bits per heavy atom. The van der Waals surface area contributed by atoms with Crippen molar-refractivity contribution in [2.75, 3.05) is 26.5 Å². The van der Waals surface area contributed by atoms with Crippen LogP contribution in [0.15, 0.2) is 53.7 Å². The Balaban J connectivity index is 1.52. The summed E-state index contributed by atoms with van der Waals surface area (Å²) in [6.07, 6.45) is 1.68. The second-order valence-corrected chi connectivity index (χ2v) is 9.36. The SMILES string of the molecule is COc1ccc(CCNC(=O)CSc2nnc(COc3ccccc3)n2CCC(C)C)cc1OC. The van der Waals surface area contributed by atoms with Crippen LogP contribution in [-0.2, 0) is 24.4 Å². The molecule has 0 saturated carbocycles. The van der Waals surface area contributed by atoms with Crippen molar-refractivity contribution in [3.05, 3.63) is 59.9 Å². The first-order valence-electron chi connectivity index (χ1n) is 11.7. The number of aromatic nitrogens is 3. The van der Waals surface area contributed by atoms with Crippen LogP contribution in [0.4, 0.5) is 0 Å². The summed E-state index contributed by atoms with van der Waals surface area (Å²) in [6.45, 7) is 6.01. The van der Waals surface area contributed by atoms with Gasteiger partial charge in [-0.3, -0.25) is 4.79 Å². The van der Waals surface area contributed by atoms with Crippen LogP contribution in [0, 0.1) is 5.92 Å². The maximum atomic E-state index is 12.5. The van der Waals surface area contributed by atoms with Crippen LogP contribution in [0.3, 0.4) is 0 Å². The van der Waals surface area contributed by atoms with Gasteiger partial charge in [0.25, 0.3) is 0 Å².